The predicted molar refractivity (Wildman–Crippen MR) is 86.0 cm³/mol. The topological polar surface area (TPSA) is 83.0 Å². The average Bonchev–Trinajstić information content (AvgIpc) is 2.51. The van der Waals surface area contributed by atoms with E-state index in [0.29, 0.717) is 19.6 Å². The van der Waals surface area contributed by atoms with Gasteiger partial charge in [-0.1, -0.05) is 12.1 Å². The fourth-order valence-corrected chi connectivity index (χ4v) is 1.57. The first-order valence-corrected chi connectivity index (χ1v) is 6.92. The molecule has 0 saturated carbocycles. The summed E-state index contributed by atoms with van der Waals surface area (Å²) in [6, 6.07) is 7.61. The van der Waals surface area contributed by atoms with Crippen LogP contribution in [0.3, 0.4) is 0 Å². The largest absolute Gasteiger partial charge is 0.385 e. The summed E-state index contributed by atoms with van der Waals surface area (Å²) in [5, 5.41) is 6.23. The molecule has 0 heterocycles. The Morgan fingerprint density at radius 1 is 1.23 bits per heavy atom. The summed E-state index contributed by atoms with van der Waals surface area (Å²) < 4.78 is 4.84. The summed E-state index contributed by atoms with van der Waals surface area (Å²) >= 11 is 0. The fraction of sp³-hybridized carbons (Fsp3) is 0.400. The molecule has 0 aliphatic rings. The Morgan fingerprint density at radius 2 is 1.91 bits per heavy atom. The number of nitrogens with zero attached hydrogens (tertiary/aromatic N) is 2. The van der Waals surface area contributed by atoms with Crippen LogP contribution in [0.15, 0.2) is 29.4 Å². The van der Waals surface area contributed by atoms with Gasteiger partial charge in [0.1, 0.15) is 0 Å². The molecule has 0 aromatic heterocycles. The second-order valence-corrected chi connectivity index (χ2v) is 4.79. The second-order valence-electron chi connectivity index (χ2n) is 4.79. The molecule has 7 heteroatoms. The van der Waals surface area contributed by atoms with Crippen molar-refractivity contribution in [2.75, 3.05) is 39.3 Å². The number of ether oxygens (including phenoxy) is 1. The minimum Gasteiger partial charge on any atom is -0.385 e. The third-order valence-corrected chi connectivity index (χ3v) is 2.81. The van der Waals surface area contributed by atoms with Crippen molar-refractivity contribution in [2.45, 2.75) is 6.42 Å². The maximum atomic E-state index is 11.5. The van der Waals surface area contributed by atoms with Crippen LogP contribution in [0.4, 0.5) is 5.69 Å². The average molecular weight is 306 g/mol. The third kappa shape index (κ3) is 6.36. The monoisotopic (exact) mass is 306 g/mol. The van der Waals surface area contributed by atoms with E-state index in [0.717, 1.165) is 11.3 Å². The van der Waals surface area contributed by atoms with Gasteiger partial charge in [-0.25, -0.2) is 5.43 Å². The molecule has 2 N–H and O–H groups in total. The van der Waals surface area contributed by atoms with Crippen LogP contribution in [0.1, 0.15) is 12.0 Å². The Balaban J connectivity index is 2.37. The molecule has 7 nitrogen and oxygen atoms in total. The SMILES string of the molecule is COCCCNC(=O)C(=O)N/N=C/c1ccc(N(C)C)cc1. The lowest BCUT2D eigenvalue weighted by Gasteiger charge is -2.11. The van der Waals surface area contributed by atoms with E-state index in [9.17, 15) is 9.59 Å². The number of rotatable bonds is 7. The summed E-state index contributed by atoms with van der Waals surface area (Å²) in [4.78, 5) is 24.9. The molecular formula is C15H22N4O3. The second kappa shape index (κ2) is 9.51. The molecule has 0 unspecified atom stereocenters. The van der Waals surface area contributed by atoms with Crippen LogP contribution < -0.4 is 15.6 Å². The van der Waals surface area contributed by atoms with Gasteiger partial charge in [0.05, 0.1) is 6.21 Å². The maximum Gasteiger partial charge on any atom is 0.329 e. The predicted octanol–water partition coefficient (Wildman–Crippen LogP) is 0.355. The summed E-state index contributed by atoms with van der Waals surface area (Å²) in [6.45, 7) is 0.915. The molecule has 1 aromatic rings. The van der Waals surface area contributed by atoms with Crippen LogP contribution in [0, 0.1) is 0 Å². The number of amides is 2. The third-order valence-electron chi connectivity index (χ3n) is 2.81. The number of nitrogens with one attached hydrogen (secondary N) is 2. The highest BCUT2D eigenvalue weighted by Crippen LogP contribution is 2.10. The van der Waals surface area contributed by atoms with Crippen LogP contribution in [0.2, 0.25) is 0 Å². The van der Waals surface area contributed by atoms with Crippen LogP contribution in [-0.2, 0) is 14.3 Å². The van der Waals surface area contributed by atoms with Gasteiger partial charge in [-0.15, -0.1) is 0 Å². The molecule has 2 amide bonds. The van der Waals surface area contributed by atoms with Crippen molar-refractivity contribution in [3.63, 3.8) is 0 Å². The first-order chi connectivity index (χ1) is 10.5. The number of benzene rings is 1. The van der Waals surface area contributed by atoms with Crippen molar-refractivity contribution < 1.29 is 14.3 Å². The van der Waals surface area contributed by atoms with Gasteiger partial charge in [-0.05, 0) is 24.1 Å². The summed E-state index contributed by atoms with van der Waals surface area (Å²) in [7, 11) is 5.48. The highest BCUT2D eigenvalue weighted by molar-refractivity contribution is 6.35. The first kappa shape index (κ1) is 17.6. The Kier molecular flexibility index (Phi) is 7.63. The Hall–Kier alpha value is -2.41. The zero-order chi connectivity index (χ0) is 16.4. The van der Waals surface area contributed by atoms with Gasteiger partial charge < -0.3 is 15.0 Å². The molecule has 1 aromatic carbocycles. The van der Waals surface area contributed by atoms with E-state index < -0.39 is 11.8 Å². The van der Waals surface area contributed by atoms with Crippen LogP contribution in [0.5, 0.6) is 0 Å². The van der Waals surface area contributed by atoms with Crippen molar-refractivity contribution in [1.82, 2.24) is 10.7 Å². The normalized spacial score (nSPS) is 10.5. The van der Waals surface area contributed by atoms with Gasteiger partial charge in [0.15, 0.2) is 0 Å². The number of methoxy groups -OCH3 is 1. The maximum absolute atomic E-state index is 11.5. The number of hydrazone groups is 1. The van der Waals surface area contributed by atoms with E-state index in [-0.39, 0.29) is 0 Å². The van der Waals surface area contributed by atoms with E-state index in [1.165, 1.54) is 6.21 Å². The van der Waals surface area contributed by atoms with Crippen molar-refractivity contribution in [3.05, 3.63) is 29.8 Å². The lowest BCUT2D eigenvalue weighted by molar-refractivity contribution is -0.139. The van der Waals surface area contributed by atoms with Gasteiger partial charge in [-0.2, -0.15) is 5.10 Å². The molecule has 0 spiro atoms. The molecule has 0 saturated heterocycles. The van der Waals surface area contributed by atoms with E-state index in [2.05, 4.69) is 15.8 Å². The lowest BCUT2D eigenvalue weighted by Crippen LogP contribution is -2.38. The van der Waals surface area contributed by atoms with Gasteiger partial charge in [0.25, 0.3) is 0 Å². The molecule has 0 radical (unpaired) electrons. The van der Waals surface area contributed by atoms with Gasteiger partial charge in [0, 0.05) is 40.0 Å². The minimum atomic E-state index is -0.793. The Morgan fingerprint density at radius 3 is 2.50 bits per heavy atom. The molecule has 0 fully saturated rings. The van der Waals surface area contributed by atoms with Crippen LogP contribution in [-0.4, -0.2) is 52.4 Å². The minimum absolute atomic E-state index is 0.385. The summed E-state index contributed by atoms with van der Waals surface area (Å²) in [5.74, 6) is -1.50. The number of carbonyl (C=O) groups is 2. The molecule has 120 valence electrons. The molecule has 22 heavy (non-hydrogen) atoms. The van der Waals surface area contributed by atoms with Crippen molar-refractivity contribution in [1.29, 1.82) is 0 Å². The van der Waals surface area contributed by atoms with Gasteiger partial charge in [-0.3, -0.25) is 9.59 Å². The zero-order valence-corrected chi connectivity index (χ0v) is 13.1. The van der Waals surface area contributed by atoms with E-state index in [1.54, 1.807) is 7.11 Å². The highest BCUT2D eigenvalue weighted by atomic mass is 16.5. The lowest BCUT2D eigenvalue weighted by atomic mass is 10.2. The Bertz CT molecular complexity index is 512. The van der Waals surface area contributed by atoms with E-state index >= 15 is 0 Å². The molecule has 0 atom stereocenters. The highest BCUT2D eigenvalue weighted by Gasteiger charge is 2.11. The number of anilines is 1. The molecular weight excluding hydrogens is 284 g/mol. The summed E-state index contributed by atoms with van der Waals surface area (Å²) in [6.07, 6.45) is 2.13. The van der Waals surface area contributed by atoms with Crippen molar-refractivity contribution in [3.8, 4) is 0 Å². The number of hydrogen-bond donors (Lipinski definition) is 2. The first-order valence-electron chi connectivity index (χ1n) is 6.92. The summed E-state index contributed by atoms with van der Waals surface area (Å²) in [5.41, 5.74) is 4.08. The van der Waals surface area contributed by atoms with Crippen molar-refractivity contribution >= 4 is 23.7 Å². The molecule has 0 aliphatic heterocycles. The van der Waals surface area contributed by atoms with E-state index in [4.69, 9.17) is 4.74 Å². The molecule has 0 aliphatic carbocycles. The Labute approximate surface area is 130 Å². The number of carbonyl (C=O) groups excluding carboxylic acids is 2. The van der Waals surface area contributed by atoms with Gasteiger partial charge >= 0.3 is 11.8 Å². The molecule has 1 rings (SSSR count). The standard InChI is InChI=1S/C15H22N4O3/c1-19(2)13-7-5-12(6-8-13)11-17-18-15(21)14(20)16-9-4-10-22-3/h5-8,11H,4,9-10H2,1-3H3,(H,16,20)(H,18,21)/b17-11+. The quantitative estimate of drug-likeness (QED) is 0.330. The van der Waals surface area contributed by atoms with Crippen LogP contribution in [0.25, 0.3) is 0 Å². The zero-order valence-electron chi connectivity index (χ0n) is 13.1. The fourth-order valence-electron chi connectivity index (χ4n) is 1.57. The van der Waals surface area contributed by atoms with Gasteiger partial charge in [0.2, 0.25) is 0 Å². The van der Waals surface area contributed by atoms with Crippen molar-refractivity contribution in [2.24, 2.45) is 5.10 Å². The smallest absolute Gasteiger partial charge is 0.329 e. The van der Waals surface area contributed by atoms with E-state index in [1.807, 2.05) is 43.3 Å². The molecule has 0 bridgehead atoms. The van der Waals surface area contributed by atoms with Crippen LogP contribution >= 0.6 is 0 Å². The number of hydrogen-bond acceptors (Lipinski definition) is 5.